The fraction of sp³-hybridized carbons (Fsp3) is 0. The van der Waals surface area contributed by atoms with Gasteiger partial charge in [0.1, 0.15) is 73.9 Å². The maximum absolute atomic E-state index is 7.10. The van der Waals surface area contributed by atoms with Crippen molar-refractivity contribution in [1.29, 1.82) is 0 Å². The first-order valence-electron chi connectivity index (χ1n) is 19.2. The summed E-state index contributed by atoms with van der Waals surface area (Å²) in [7, 11) is 55.2. The lowest BCUT2D eigenvalue weighted by atomic mass is 9.59. The van der Waals surface area contributed by atoms with E-state index in [0.717, 1.165) is 76.5 Å². The van der Waals surface area contributed by atoms with Gasteiger partial charge in [0.2, 0.25) is 0 Å². The second-order valence-electron chi connectivity index (χ2n) is 15.3. The van der Waals surface area contributed by atoms with Crippen LogP contribution in [0.4, 0.5) is 0 Å². The molecule has 1 heterocycles. The Morgan fingerprint density at radius 3 is 1.44 bits per heavy atom. The number of hydrogen-bond donors (Lipinski definition) is 0. The van der Waals surface area contributed by atoms with Crippen molar-refractivity contribution in [1.82, 2.24) is 0 Å². The van der Waals surface area contributed by atoms with Gasteiger partial charge in [-0.3, -0.25) is 0 Å². The topological polar surface area (TPSA) is 13.1 Å². The van der Waals surface area contributed by atoms with Gasteiger partial charge < -0.3 is 4.42 Å². The molecule has 0 N–H and O–H groups in total. The predicted molar refractivity (Wildman–Crippen MR) is 261 cm³/mol. The fourth-order valence-corrected chi connectivity index (χ4v) is 9.33. The minimum atomic E-state index is 0.161. The van der Waals surface area contributed by atoms with Gasteiger partial charge in [-0.15, -0.1) is 21.9 Å². The first kappa shape index (κ1) is 35.9. The molecule has 1 aromatic heterocycles. The molecule has 0 fully saturated rings. The minimum Gasteiger partial charge on any atom is -0.455 e. The van der Waals surface area contributed by atoms with E-state index in [9.17, 15) is 0 Å². The third-order valence-corrected chi connectivity index (χ3v) is 12.2. The minimum absolute atomic E-state index is 0.161. The van der Waals surface area contributed by atoms with Crippen LogP contribution >= 0.6 is 0 Å². The molecule has 0 unspecified atom stereocenters. The van der Waals surface area contributed by atoms with Gasteiger partial charge in [-0.05, 0) is 106 Å². The Kier molecular flexibility index (Phi) is 8.02. The fourth-order valence-electron chi connectivity index (χ4n) is 9.33. The van der Waals surface area contributed by atoms with Crippen molar-refractivity contribution in [2.24, 2.45) is 0 Å². The maximum Gasteiger partial charge on any atom is 0.143 e. The molecule has 10 aromatic carbocycles. The molecule has 9 heteroatoms. The number of fused-ring (bicyclic) bond motifs is 10. The molecule has 59 heavy (non-hydrogen) atoms. The number of rotatable bonds is 3. The smallest absolute Gasteiger partial charge is 0.143 e. The van der Waals surface area contributed by atoms with E-state index in [1.54, 1.807) is 0 Å². The average Bonchev–Trinajstić information content (AvgIpc) is 3.66. The molecular weight excluding hydrogens is 703 g/mol. The van der Waals surface area contributed by atoms with Gasteiger partial charge in [0.15, 0.2) is 0 Å². The molecule has 0 spiro atoms. The van der Waals surface area contributed by atoms with Crippen molar-refractivity contribution in [2.75, 3.05) is 0 Å². The van der Waals surface area contributed by atoms with Crippen LogP contribution in [0.1, 0.15) is 0 Å². The Labute approximate surface area is 351 Å². The van der Waals surface area contributed by atoms with E-state index in [-0.39, 0.29) is 43.7 Å². The van der Waals surface area contributed by atoms with Gasteiger partial charge in [0, 0.05) is 16.2 Å². The largest absolute Gasteiger partial charge is 0.455 e. The predicted octanol–water partition coefficient (Wildman–Crippen LogP) is 4.70. The lowest BCUT2D eigenvalue weighted by Crippen LogP contribution is -2.50. The van der Waals surface area contributed by atoms with Crippen molar-refractivity contribution in [2.45, 2.75) is 0 Å². The van der Waals surface area contributed by atoms with E-state index in [1.807, 2.05) is 36.4 Å². The van der Waals surface area contributed by atoms with E-state index in [1.165, 1.54) is 0 Å². The van der Waals surface area contributed by atoms with Gasteiger partial charge in [0.05, 0.1) is 0 Å². The molecule has 0 aliphatic rings. The lowest BCUT2D eigenvalue weighted by molar-refractivity contribution is 0.672. The van der Waals surface area contributed by atoms with E-state index >= 15 is 0 Å². The molecule has 0 atom stereocenters. The molecule has 16 radical (unpaired) electrons. The normalized spacial score (nSPS) is 11.9. The highest BCUT2D eigenvalue weighted by atomic mass is 16.3. The second-order valence-corrected chi connectivity index (χ2v) is 15.3. The Hall–Kier alpha value is -6.18. The van der Waals surface area contributed by atoms with Crippen LogP contribution in [0.25, 0.3) is 109 Å². The molecule has 0 aliphatic carbocycles. The highest BCUT2D eigenvalue weighted by Gasteiger charge is 2.25. The van der Waals surface area contributed by atoms with E-state index in [0.29, 0.717) is 32.7 Å². The molecular formula is C50H22B8O. The number of furan rings is 1. The third kappa shape index (κ3) is 5.10. The van der Waals surface area contributed by atoms with Crippen LogP contribution in [0.5, 0.6) is 0 Å². The van der Waals surface area contributed by atoms with E-state index in [2.05, 4.69) is 97.1 Å². The summed E-state index contributed by atoms with van der Waals surface area (Å²) in [6.45, 7) is 0. The monoisotopic (exact) mass is 726 g/mol. The number of hydrogen-bond acceptors (Lipinski definition) is 1. The third-order valence-electron chi connectivity index (χ3n) is 12.2. The molecule has 0 aliphatic heterocycles. The van der Waals surface area contributed by atoms with Crippen LogP contribution in [-0.2, 0) is 0 Å². The van der Waals surface area contributed by atoms with Gasteiger partial charge in [-0.1, -0.05) is 131 Å². The Morgan fingerprint density at radius 2 is 0.797 bits per heavy atom. The molecule has 11 aromatic rings. The number of benzene rings is 10. The summed E-state index contributed by atoms with van der Waals surface area (Å²) < 4.78 is 6.50. The van der Waals surface area contributed by atoms with Crippen LogP contribution in [0.2, 0.25) is 0 Å². The lowest BCUT2D eigenvalue weighted by Gasteiger charge is -2.28. The van der Waals surface area contributed by atoms with E-state index in [4.69, 9.17) is 67.2 Å². The van der Waals surface area contributed by atoms with Gasteiger partial charge >= 0.3 is 0 Å². The summed E-state index contributed by atoms with van der Waals surface area (Å²) in [6.07, 6.45) is 0. The van der Waals surface area contributed by atoms with Gasteiger partial charge in [-0.25, -0.2) is 0 Å². The zero-order valence-corrected chi connectivity index (χ0v) is 31.7. The molecule has 252 valence electrons. The Morgan fingerprint density at radius 1 is 0.305 bits per heavy atom. The quantitative estimate of drug-likeness (QED) is 0.146. The highest BCUT2D eigenvalue weighted by molar-refractivity contribution is 6.71. The first-order valence-corrected chi connectivity index (χ1v) is 19.2. The molecule has 0 bridgehead atoms. The second kappa shape index (κ2) is 13.2. The summed E-state index contributed by atoms with van der Waals surface area (Å²) in [6, 6.07) is 45.6. The van der Waals surface area contributed by atoms with E-state index < -0.39 is 0 Å². The molecule has 0 saturated carbocycles. The van der Waals surface area contributed by atoms with Crippen molar-refractivity contribution < 1.29 is 4.42 Å². The average molecular weight is 725 g/mol. The van der Waals surface area contributed by atoms with Crippen LogP contribution in [0.15, 0.2) is 138 Å². The molecule has 11 rings (SSSR count). The zero-order valence-electron chi connectivity index (χ0n) is 31.7. The van der Waals surface area contributed by atoms with Crippen LogP contribution in [0, 0.1) is 0 Å². The van der Waals surface area contributed by atoms with Gasteiger partial charge in [-0.2, -0.15) is 0 Å². The van der Waals surface area contributed by atoms with Crippen LogP contribution < -0.4 is 43.7 Å². The Bertz CT molecular complexity index is 3580. The standard InChI is InChI=1S/C50H22B8O/c51-42-38-36(27-11-5-10-26(21-27)30-14-6-9-25-16-15-23-7-1-3-12-29(23)35(25)30)39-41(45(54)49(58)47(56)43(39)52)37(40(38)44(53)48(57)46(42)55)28-18-20-34-33(22-28)32-19-17-24-8-2-4-13-31(24)50(32)59-34/h1-22H. The maximum atomic E-state index is 7.10. The van der Waals surface area contributed by atoms with Gasteiger partial charge in [0.25, 0.3) is 0 Å². The summed E-state index contributed by atoms with van der Waals surface area (Å²) in [4.78, 5) is 0. The summed E-state index contributed by atoms with van der Waals surface area (Å²) >= 11 is 0. The van der Waals surface area contributed by atoms with Crippen molar-refractivity contribution >= 4 is 182 Å². The first-order chi connectivity index (χ1) is 28.6. The van der Waals surface area contributed by atoms with Crippen LogP contribution in [-0.4, -0.2) is 62.8 Å². The molecule has 1 nitrogen and oxygen atoms in total. The summed E-state index contributed by atoms with van der Waals surface area (Å²) in [5.74, 6) is 0. The molecule has 0 saturated heterocycles. The zero-order chi connectivity index (χ0) is 40.4. The van der Waals surface area contributed by atoms with Crippen molar-refractivity contribution in [3.63, 3.8) is 0 Å². The summed E-state index contributed by atoms with van der Waals surface area (Å²) in [5, 5.41) is 10.8. The Balaban J connectivity index is 1.28. The van der Waals surface area contributed by atoms with Crippen molar-refractivity contribution in [3.05, 3.63) is 133 Å². The van der Waals surface area contributed by atoms with Crippen LogP contribution in [0.3, 0.4) is 0 Å². The highest BCUT2D eigenvalue weighted by Crippen LogP contribution is 2.44. The molecule has 0 amide bonds. The van der Waals surface area contributed by atoms with Crippen molar-refractivity contribution in [3.8, 4) is 33.4 Å². The summed E-state index contributed by atoms with van der Waals surface area (Å²) in [5.41, 5.74) is 8.04. The SMILES string of the molecule is [B]c1c([B])c([B])c2c(-c3ccc4oc5c6ccccc6ccc5c4c3)c3c([B])c([B])c([B])c([B])c3c(-c3cccc(-c4cccc5ccc6ccccc6c45)c3)c2c1[B].